The van der Waals surface area contributed by atoms with Crippen molar-refractivity contribution >= 4 is 17.8 Å². The molecule has 7 heteroatoms. The van der Waals surface area contributed by atoms with Gasteiger partial charge in [0.25, 0.3) is 0 Å². The van der Waals surface area contributed by atoms with Crippen molar-refractivity contribution in [1.82, 2.24) is 9.80 Å². The minimum atomic E-state index is -0.967. The Balaban J connectivity index is 1.63. The molecule has 7 nitrogen and oxygen atoms in total. The molecule has 134 valence electrons. The fourth-order valence-electron chi connectivity index (χ4n) is 3.56. The van der Waals surface area contributed by atoms with Gasteiger partial charge in [0, 0.05) is 26.1 Å². The zero-order chi connectivity index (χ0) is 18.0. The number of amides is 2. The molecule has 0 radical (unpaired) electrons. The van der Waals surface area contributed by atoms with E-state index in [-0.39, 0.29) is 18.2 Å². The summed E-state index contributed by atoms with van der Waals surface area (Å²) in [6.07, 6.45) is 1.33. The first-order chi connectivity index (χ1) is 12.0. The number of nitrogens with zero attached hydrogens (tertiary/aromatic N) is 2. The van der Waals surface area contributed by atoms with Crippen LogP contribution in [0.1, 0.15) is 24.8 Å². The Labute approximate surface area is 146 Å². The van der Waals surface area contributed by atoms with Crippen LogP contribution in [0.5, 0.6) is 5.75 Å². The molecular formula is C18H22N2O5. The Bertz CT molecular complexity index is 673. The second-order valence-corrected chi connectivity index (χ2v) is 6.55. The number of likely N-dealkylation sites (tertiary alicyclic amines) is 2. The van der Waals surface area contributed by atoms with Gasteiger partial charge in [-0.2, -0.15) is 0 Å². The number of carboxylic acid groups (broad SMARTS) is 1. The standard InChI is InChI=1S/C18H22N2O5/c1-25-14-6-4-12(5-7-14)10-19-11-13(9-16(19)21)17(22)20-8-2-3-15(20)18(23)24/h4-7,13,15H,2-3,8-11H2,1H3,(H,23,24)/t13?,15-/m0/s1. The van der Waals surface area contributed by atoms with Gasteiger partial charge in [0.15, 0.2) is 0 Å². The van der Waals surface area contributed by atoms with Crippen molar-refractivity contribution < 1.29 is 24.2 Å². The first-order valence-corrected chi connectivity index (χ1v) is 8.43. The number of carboxylic acids is 1. The summed E-state index contributed by atoms with van der Waals surface area (Å²) in [6.45, 7) is 1.24. The third kappa shape index (κ3) is 3.60. The van der Waals surface area contributed by atoms with Gasteiger partial charge in [0.2, 0.25) is 11.8 Å². The predicted octanol–water partition coefficient (Wildman–Crippen LogP) is 1.12. The van der Waals surface area contributed by atoms with Crippen molar-refractivity contribution in [2.24, 2.45) is 5.92 Å². The average Bonchev–Trinajstić information content (AvgIpc) is 3.22. The fourth-order valence-corrected chi connectivity index (χ4v) is 3.56. The molecule has 1 aromatic carbocycles. The first kappa shape index (κ1) is 17.3. The topological polar surface area (TPSA) is 87.2 Å². The van der Waals surface area contributed by atoms with Crippen molar-refractivity contribution in [3.05, 3.63) is 29.8 Å². The molecular weight excluding hydrogens is 324 g/mol. The molecule has 2 heterocycles. The van der Waals surface area contributed by atoms with E-state index in [1.807, 2.05) is 24.3 Å². The lowest BCUT2D eigenvalue weighted by Crippen LogP contribution is -2.44. The lowest BCUT2D eigenvalue weighted by Gasteiger charge is -2.24. The maximum Gasteiger partial charge on any atom is 0.326 e. The molecule has 2 fully saturated rings. The summed E-state index contributed by atoms with van der Waals surface area (Å²) in [5.74, 6) is -0.954. The van der Waals surface area contributed by atoms with E-state index < -0.39 is 17.9 Å². The van der Waals surface area contributed by atoms with Gasteiger partial charge in [-0.05, 0) is 30.5 Å². The molecule has 0 spiro atoms. The lowest BCUT2D eigenvalue weighted by atomic mass is 10.1. The molecule has 0 bridgehead atoms. The van der Waals surface area contributed by atoms with Gasteiger partial charge in [0.1, 0.15) is 11.8 Å². The Morgan fingerprint density at radius 2 is 2.00 bits per heavy atom. The van der Waals surface area contributed by atoms with E-state index >= 15 is 0 Å². The molecule has 1 N–H and O–H groups in total. The fraction of sp³-hybridized carbons (Fsp3) is 0.500. The van der Waals surface area contributed by atoms with Crippen molar-refractivity contribution in [2.45, 2.75) is 31.8 Å². The van der Waals surface area contributed by atoms with Crippen LogP contribution in [-0.2, 0) is 20.9 Å². The average molecular weight is 346 g/mol. The highest BCUT2D eigenvalue weighted by Crippen LogP contribution is 2.26. The molecule has 1 aromatic rings. The summed E-state index contributed by atoms with van der Waals surface area (Å²) in [6, 6.07) is 6.70. The smallest absolute Gasteiger partial charge is 0.326 e. The normalized spacial score (nSPS) is 23.2. The highest BCUT2D eigenvalue weighted by atomic mass is 16.5. The van der Waals surface area contributed by atoms with Gasteiger partial charge < -0.3 is 19.6 Å². The zero-order valence-corrected chi connectivity index (χ0v) is 14.2. The molecule has 2 saturated heterocycles. The predicted molar refractivity (Wildman–Crippen MR) is 88.9 cm³/mol. The molecule has 0 aromatic heterocycles. The van der Waals surface area contributed by atoms with Gasteiger partial charge in [-0.3, -0.25) is 9.59 Å². The number of benzene rings is 1. The van der Waals surface area contributed by atoms with E-state index in [9.17, 15) is 19.5 Å². The zero-order valence-electron chi connectivity index (χ0n) is 14.2. The van der Waals surface area contributed by atoms with Crippen molar-refractivity contribution in [3.8, 4) is 5.75 Å². The number of aliphatic carboxylic acids is 1. The quantitative estimate of drug-likeness (QED) is 0.863. The van der Waals surface area contributed by atoms with E-state index in [0.29, 0.717) is 32.5 Å². The molecule has 25 heavy (non-hydrogen) atoms. The first-order valence-electron chi connectivity index (χ1n) is 8.43. The van der Waals surface area contributed by atoms with E-state index in [0.717, 1.165) is 11.3 Å². The monoisotopic (exact) mass is 346 g/mol. The van der Waals surface area contributed by atoms with Crippen LogP contribution < -0.4 is 4.74 Å². The van der Waals surface area contributed by atoms with Crippen LogP contribution in [0.4, 0.5) is 0 Å². The number of hydrogen-bond donors (Lipinski definition) is 1. The van der Waals surface area contributed by atoms with Gasteiger partial charge in [-0.25, -0.2) is 4.79 Å². The summed E-state index contributed by atoms with van der Waals surface area (Å²) in [4.78, 5) is 39.3. The maximum absolute atomic E-state index is 12.7. The van der Waals surface area contributed by atoms with E-state index in [4.69, 9.17) is 4.74 Å². The second-order valence-electron chi connectivity index (χ2n) is 6.55. The molecule has 1 unspecified atom stereocenters. The van der Waals surface area contributed by atoms with Crippen LogP contribution >= 0.6 is 0 Å². The number of carbonyl (C=O) groups excluding carboxylic acids is 2. The summed E-state index contributed by atoms with van der Waals surface area (Å²) in [5, 5.41) is 9.24. The van der Waals surface area contributed by atoms with Crippen LogP contribution in [0.15, 0.2) is 24.3 Å². The molecule has 2 amide bonds. The minimum absolute atomic E-state index is 0.0692. The largest absolute Gasteiger partial charge is 0.497 e. The Hall–Kier alpha value is -2.57. The van der Waals surface area contributed by atoms with Gasteiger partial charge in [-0.1, -0.05) is 12.1 Å². The summed E-state index contributed by atoms with van der Waals surface area (Å²) < 4.78 is 5.12. The highest BCUT2D eigenvalue weighted by Gasteiger charge is 2.41. The number of methoxy groups -OCH3 is 1. The molecule has 0 aliphatic carbocycles. The van der Waals surface area contributed by atoms with E-state index in [1.54, 1.807) is 12.0 Å². The molecule has 2 aliphatic heterocycles. The van der Waals surface area contributed by atoms with Gasteiger partial charge in [0.05, 0.1) is 13.0 Å². The third-order valence-electron chi connectivity index (χ3n) is 4.92. The van der Waals surface area contributed by atoms with Gasteiger partial charge in [-0.15, -0.1) is 0 Å². The third-order valence-corrected chi connectivity index (χ3v) is 4.92. The molecule has 2 aliphatic rings. The maximum atomic E-state index is 12.7. The summed E-state index contributed by atoms with van der Waals surface area (Å²) in [7, 11) is 1.60. The highest BCUT2D eigenvalue weighted by molar-refractivity contribution is 5.91. The van der Waals surface area contributed by atoms with Crippen molar-refractivity contribution in [1.29, 1.82) is 0 Å². The Morgan fingerprint density at radius 1 is 1.28 bits per heavy atom. The van der Waals surface area contributed by atoms with Crippen LogP contribution in [0.2, 0.25) is 0 Å². The Morgan fingerprint density at radius 3 is 2.64 bits per heavy atom. The number of ether oxygens (including phenoxy) is 1. The SMILES string of the molecule is COc1ccc(CN2CC(C(=O)N3CCC[C@H]3C(=O)O)CC2=O)cc1. The number of hydrogen-bond acceptors (Lipinski definition) is 4. The Kier molecular flexibility index (Phi) is 4.92. The van der Waals surface area contributed by atoms with Crippen LogP contribution in [0.25, 0.3) is 0 Å². The lowest BCUT2D eigenvalue weighted by molar-refractivity contribution is -0.149. The van der Waals surface area contributed by atoms with Crippen LogP contribution in [-0.4, -0.2) is 58.9 Å². The van der Waals surface area contributed by atoms with Gasteiger partial charge >= 0.3 is 5.97 Å². The van der Waals surface area contributed by atoms with Crippen LogP contribution in [0.3, 0.4) is 0 Å². The van der Waals surface area contributed by atoms with Crippen molar-refractivity contribution in [3.63, 3.8) is 0 Å². The second kappa shape index (κ2) is 7.13. The number of carbonyl (C=O) groups is 3. The summed E-state index contributed by atoms with van der Waals surface area (Å²) in [5.41, 5.74) is 0.965. The summed E-state index contributed by atoms with van der Waals surface area (Å²) >= 11 is 0. The molecule has 0 saturated carbocycles. The minimum Gasteiger partial charge on any atom is -0.497 e. The van der Waals surface area contributed by atoms with E-state index in [2.05, 4.69) is 0 Å². The van der Waals surface area contributed by atoms with E-state index in [1.165, 1.54) is 4.90 Å². The van der Waals surface area contributed by atoms with Crippen LogP contribution in [0, 0.1) is 5.92 Å². The van der Waals surface area contributed by atoms with Crippen molar-refractivity contribution in [2.75, 3.05) is 20.2 Å². The molecule has 2 atom stereocenters. The number of rotatable bonds is 5. The molecule has 3 rings (SSSR count).